The molecule has 0 radical (unpaired) electrons. The number of likely N-dealkylation sites (tertiary alicyclic amines) is 1. The smallest absolute Gasteiger partial charge is 0.246 e. The maximum Gasteiger partial charge on any atom is 0.246 e. The van der Waals surface area contributed by atoms with Gasteiger partial charge in [-0.3, -0.25) is 9.59 Å². The molecule has 2 fully saturated rings. The summed E-state index contributed by atoms with van der Waals surface area (Å²) in [6.07, 6.45) is 4.52. The second kappa shape index (κ2) is 11.7. The molecule has 0 aromatic heterocycles. The molecule has 3 rings (SSSR count). The minimum absolute atomic E-state index is 0.0118. The summed E-state index contributed by atoms with van der Waals surface area (Å²) in [5.74, 6) is -0.0738. The summed E-state index contributed by atoms with van der Waals surface area (Å²) in [5.41, 5.74) is 0.356. The molecule has 1 aromatic carbocycles. The number of aliphatic hydroxyl groups excluding tert-OH is 2. The molecule has 7 nitrogen and oxygen atoms in total. The molecule has 0 bridgehead atoms. The molecular weight excluding hydrogens is 465 g/mol. The molecule has 2 aliphatic heterocycles. The Hall–Kier alpha value is -1.64. The number of β-amino-alcohol motifs (C(OH)–C–C–N with tert-alkyl or cyclic N) is 1. The fourth-order valence-electron chi connectivity index (χ4n) is 4.22. The molecule has 182 valence electrons. The van der Waals surface area contributed by atoms with Gasteiger partial charge in [-0.05, 0) is 49.7 Å². The van der Waals surface area contributed by atoms with Gasteiger partial charge in [-0.2, -0.15) is 0 Å². The van der Waals surface area contributed by atoms with Gasteiger partial charge in [-0.15, -0.1) is 0 Å². The largest absolute Gasteiger partial charge is 0.396 e. The zero-order valence-corrected chi connectivity index (χ0v) is 20.6. The third-order valence-electron chi connectivity index (χ3n) is 6.76. The minimum Gasteiger partial charge on any atom is -0.396 e. The first kappa shape index (κ1) is 26.0. The standard InChI is InChI=1S/C24H33Cl2N3O4/c1-24(17-30)8-12-27(16-21(24)31)9-2-10-28-13-14-29(11-7-23(28)33)22(32)6-4-18-3-5-19(25)20(26)15-18/h3-6,15,21,30-31H,2,7-14,16-17H2,1H3/b6-4+/t21-,24+/m0/s1. The van der Waals surface area contributed by atoms with E-state index in [1.807, 2.05) is 11.8 Å². The minimum atomic E-state index is -0.549. The van der Waals surface area contributed by atoms with Crippen LogP contribution in [0, 0.1) is 5.41 Å². The van der Waals surface area contributed by atoms with Gasteiger partial charge in [0.15, 0.2) is 0 Å². The highest BCUT2D eigenvalue weighted by Gasteiger charge is 2.37. The number of rotatable bonds is 7. The van der Waals surface area contributed by atoms with Crippen LogP contribution < -0.4 is 0 Å². The summed E-state index contributed by atoms with van der Waals surface area (Å²) >= 11 is 11.9. The molecule has 2 heterocycles. The summed E-state index contributed by atoms with van der Waals surface area (Å²) in [5, 5.41) is 20.7. The lowest BCUT2D eigenvalue weighted by molar-refractivity contribution is -0.130. The molecule has 0 aliphatic carbocycles. The molecule has 2 N–H and O–H groups in total. The Balaban J connectivity index is 1.45. The Morgan fingerprint density at radius 2 is 1.97 bits per heavy atom. The van der Waals surface area contributed by atoms with E-state index in [9.17, 15) is 19.8 Å². The number of hydrogen-bond acceptors (Lipinski definition) is 5. The molecule has 2 saturated heterocycles. The average molecular weight is 498 g/mol. The molecular formula is C24H33Cl2N3O4. The van der Waals surface area contributed by atoms with E-state index in [1.165, 1.54) is 6.08 Å². The van der Waals surface area contributed by atoms with Gasteiger partial charge in [0.05, 0.1) is 22.8 Å². The van der Waals surface area contributed by atoms with Crippen molar-refractivity contribution in [2.45, 2.75) is 32.3 Å². The Bertz CT molecular complexity index is 881. The van der Waals surface area contributed by atoms with E-state index in [0.29, 0.717) is 49.2 Å². The van der Waals surface area contributed by atoms with Crippen LogP contribution >= 0.6 is 23.2 Å². The van der Waals surface area contributed by atoms with Crippen molar-refractivity contribution >= 4 is 41.1 Å². The molecule has 2 aliphatic rings. The fourth-order valence-corrected chi connectivity index (χ4v) is 4.53. The van der Waals surface area contributed by atoms with Crippen molar-refractivity contribution in [1.82, 2.24) is 14.7 Å². The molecule has 2 amide bonds. The SMILES string of the molecule is C[C@]1(CO)CCN(CCCN2CCN(C(=O)/C=C/c3ccc(Cl)c(Cl)c3)CCC2=O)C[C@@H]1O. The number of benzene rings is 1. The third-order valence-corrected chi connectivity index (χ3v) is 7.50. The van der Waals surface area contributed by atoms with Crippen LogP contribution in [0.1, 0.15) is 31.7 Å². The zero-order chi connectivity index (χ0) is 24.0. The number of carbonyl (C=O) groups excluding carboxylic acids is 2. The van der Waals surface area contributed by atoms with E-state index in [0.717, 1.165) is 31.5 Å². The van der Waals surface area contributed by atoms with Crippen LogP contribution in [0.4, 0.5) is 0 Å². The summed E-state index contributed by atoms with van der Waals surface area (Å²) in [7, 11) is 0. The van der Waals surface area contributed by atoms with E-state index in [4.69, 9.17) is 23.2 Å². The van der Waals surface area contributed by atoms with Gasteiger partial charge >= 0.3 is 0 Å². The van der Waals surface area contributed by atoms with E-state index in [2.05, 4.69) is 4.90 Å². The maximum atomic E-state index is 12.6. The number of carbonyl (C=O) groups is 2. The van der Waals surface area contributed by atoms with E-state index in [1.54, 1.807) is 29.2 Å². The number of amides is 2. The van der Waals surface area contributed by atoms with E-state index >= 15 is 0 Å². The van der Waals surface area contributed by atoms with Crippen LogP contribution in [0.25, 0.3) is 6.08 Å². The summed E-state index contributed by atoms with van der Waals surface area (Å²) in [6.45, 7) is 6.09. The number of halogens is 2. The van der Waals surface area contributed by atoms with Gasteiger partial charge in [0.2, 0.25) is 11.8 Å². The second-order valence-electron chi connectivity index (χ2n) is 9.20. The number of nitrogens with zero attached hydrogens (tertiary/aromatic N) is 3. The van der Waals surface area contributed by atoms with Crippen molar-refractivity contribution in [3.63, 3.8) is 0 Å². The van der Waals surface area contributed by atoms with Crippen LogP contribution in [-0.2, 0) is 9.59 Å². The van der Waals surface area contributed by atoms with Crippen molar-refractivity contribution in [2.75, 3.05) is 52.4 Å². The number of piperidine rings is 1. The first-order valence-electron chi connectivity index (χ1n) is 11.4. The molecule has 2 atom stereocenters. The first-order valence-corrected chi connectivity index (χ1v) is 12.2. The Kier molecular flexibility index (Phi) is 9.18. The lowest BCUT2D eigenvalue weighted by atomic mass is 9.79. The maximum absolute atomic E-state index is 12.6. The van der Waals surface area contributed by atoms with Crippen molar-refractivity contribution < 1.29 is 19.8 Å². The predicted molar refractivity (Wildman–Crippen MR) is 130 cm³/mol. The second-order valence-corrected chi connectivity index (χ2v) is 10.0. The van der Waals surface area contributed by atoms with Crippen LogP contribution in [0.5, 0.6) is 0 Å². The number of hydrogen-bond donors (Lipinski definition) is 2. The van der Waals surface area contributed by atoms with Crippen LogP contribution in [0.15, 0.2) is 24.3 Å². The first-order chi connectivity index (χ1) is 15.7. The highest BCUT2D eigenvalue weighted by atomic mass is 35.5. The van der Waals surface area contributed by atoms with Gasteiger partial charge in [-0.25, -0.2) is 0 Å². The highest BCUT2D eigenvalue weighted by molar-refractivity contribution is 6.42. The van der Waals surface area contributed by atoms with Gasteiger partial charge in [0.25, 0.3) is 0 Å². The Labute approximate surface area is 205 Å². The summed E-state index contributed by atoms with van der Waals surface area (Å²) in [4.78, 5) is 30.9. The van der Waals surface area contributed by atoms with Crippen molar-refractivity contribution in [2.24, 2.45) is 5.41 Å². The van der Waals surface area contributed by atoms with Gasteiger partial charge < -0.3 is 24.9 Å². The van der Waals surface area contributed by atoms with Crippen molar-refractivity contribution in [1.29, 1.82) is 0 Å². The molecule has 0 saturated carbocycles. The molecule has 0 spiro atoms. The van der Waals surface area contributed by atoms with Crippen molar-refractivity contribution in [3.05, 3.63) is 39.9 Å². The third kappa shape index (κ3) is 6.93. The van der Waals surface area contributed by atoms with Gasteiger partial charge in [-0.1, -0.05) is 36.2 Å². The quantitative estimate of drug-likeness (QED) is 0.565. The number of aliphatic hydroxyl groups is 2. The van der Waals surface area contributed by atoms with Crippen LogP contribution in [0.3, 0.4) is 0 Å². The Morgan fingerprint density at radius 3 is 2.67 bits per heavy atom. The van der Waals surface area contributed by atoms with Crippen molar-refractivity contribution in [3.8, 4) is 0 Å². The van der Waals surface area contributed by atoms with Gasteiger partial charge in [0.1, 0.15) is 0 Å². The summed E-state index contributed by atoms with van der Waals surface area (Å²) in [6, 6.07) is 5.18. The average Bonchev–Trinajstić information content (AvgIpc) is 2.98. The van der Waals surface area contributed by atoms with E-state index < -0.39 is 11.5 Å². The Morgan fingerprint density at radius 1 is 1.18 bits per heavy atom. The lowest BCUT2D eigenvalue weighted by Crippen LogP contribution is -2.51. The van der Waals surface area contributed by atoms with Gasteiger partial charge in [0, 0.05) is 50.6 Å². The predicted octanol–water partition coefficient (Wildman–Crippen LogP) is 2.52. The molecule has 33 heavy (non-hydrogen) atoms. The van der Waals surface area contributed by atoms with Crippen LogP contribution in [0.2, 0.25) is 10.0 Å². The zero-order valence-electron chi connectivity index (χ0n) is 19.1. The monoisotopic (exact) mass is 497 g/mol. The van der Waals surface area contributed by atoms with Crippen LogP contribution in [-0.4, -0.2) is 95.3 Å². The molecule has 9 heteroatoms. The normalized spacial score (nSPS) is 25.0. The van der Waals surface area contributed by atoms with E-state index in [-0.39, 0.29) is 18.4 Å². The lowest BCUT2D eigenvalue weighted by Gasteiger charge is -2.42. The molecule has 0 unspecified atom stereocenters. The molecule has 1 aromatic rings. The topological polar surface area (TPSA) is 84.3 Å². The highest BCUT2D eigenvalue weighted by Crippen LogP contribution is 2.30. The summed E-state index contributed by atoms with van der Waals surface area (Å²) < 4.78 is 0. The fraction of sp³-hybridized carbons (Fsp3) is 0.583.